The van der Waals surface area contributed by atoms with Gasteiger partial charge in [-0.3, -0.25) is 49.4 Å². The Hall–Kier alpha value is -6.69. The molecule has 342 valence electrons. The van der Waals surface area contributed by atoms with Crippen molar-refractivity contribution in [1.82, 2.24) is 39.4 Å². The van der Waals surface area contributed by atoms with Crippen LogP contribution in [0.3, 0.4) is 0 Å². The van der Waals surface area contributed by atoms with Gasteiger partial charge in [0.15, 0.2) is 0 Å². The summed E-state index contributed by atoms with van der Waals surface area (Å²) in [6.45, 7) is 8.54. The Kier molecular flexibility index (Phi) is 10.6. The van der Waals surface area contributed by atoms with Gasteiger partial charge < -0.3 is 19.1 Å². The number of pyridine rings is 1. The number of nitrogens with one attached hydrogen (secondary N) is 2. The van der Waals surface area contributed by atoms with Gasteiger partial charge in [0.1, 0.15) is 11.9 Å². The van der Waals surface area contributed by atoms with Crippen LogP contribution in [0.2, 0.25) is 0 Å². The number of imide groups is 2. The van der Waals surface area contributed by atoms with Crippen LogP contribution in [0, 0.1) is 30.5 Å². The number of halogens is 1. The first-order valence-electron chi connectivity index (χ1n) is 23.2. The first-order valence-corrected chi connectivity index (χ1v) is 23.2. The molecule has 0 radical (unpaired) electrons. The Morgan fingerprint density at radius 3 is 2.36 bits per heavy atom. The van der Waals surface area contributed by atoms with E-state index in [2.05, 4.69) is 48.3 Å². The number of piperidine rings is 2. The third-order valence-corrected chi connectivity index (χ3v) is 14.6. The second-order valence-corrected chi connectivity index (χ2v) is 18.9. The summed E-state index contributed by atoms with van der Waals surface area (Å²) in [6, 6.07) is 11.5. The molecule has 18 heteroatoms. The zero-order chi connectivity index (χ0) is 45.4. The SMILES string of the molecule is Cc1cc2cc(n1)-c1cnn(C)c1OC[C@H]1CC[C@H](C1)Cn1c(nc3ccc(N4CCC(CN5CCN(c6cc7c(cc6F)C(=O)N(C6CCC(=O)NC6=O)C7=O)CC5)CC4)cc31)NC2=O. The first-order chi connectivity index (χ1) is 31.9. The molecule has 4 fully saturated rings. The number of ether oxygens (including phenoxy) is 1. The molecule has 11 rings (SSSR count). The summed E-state index contributed by atoms with van der Waals surface area (Å²) in [4.78, 5) is 82.2. The Morgan fingerprint density at radius 2 is 1.58 bits per heavy atom. The van der Waals surface area contributed by atoms with Crippen molar-refractivity contribution in [2.75, 3.05) is 67.5 Å². The van der Waals surface area contributed by atoms with Crippen LogP contribution in [0.4, 0.5) is 21.7 Å². The number of fused-ring (bicyclic) bond motifs is 10. The average Bonchev–Trinajstić information content (AvgIpc) is 4.06. The third kappa shape index (κ3) is 7.63. The van der Waals surface area contributed by atoms with Gasteiger partial charge in [-0.05, 0) is 106 Å². The summed E-state index contributed by atoms with van der Waals surface area (Å²) >= 11 is 0. The summed E-state index contributed by atoms with van der Waals surface area (Å²) < 4.78 is 26.0. The van der Waals surface area contributed by atoms with E-state index in [0.29, 0.717) is 66.2 Å². The van der Waals surface area contributed by atoms with Crippen LogP contribution in [0.15, 0.2) is 48.7 Å². The van der Waals surface area contributed by atoms with Gasteiger partial charge >= 0.3 is 0 Å². The van der Waals surface area contributed by atoms with E-state index < -0.39 is 35.5 Å². The van der Waals surface area contributed by atoms with Gasteiger partial charge in [0, 0.05) is 82.8 Å². The van der Waals surface area contributed by atoms with E-state index in [9.17, 15) is 24.0 Å². The van der Waals surface area contributed by atoms with Crippen molar-refractivity contribution in [2.24, 2.45) is 24.8 Å². The second-order valence-electron chi connectivity index (χ2n) is 18.9. The van der Waals surface area contributed by atoms with Crippen LogP contribution in [0.25, 0.3) is 22.3 Å². The fraction of sp³-hybridized carbons (Fsp3) is 0.458. The lowest BCUT2D eigenvalue weighted by molar-refractivity contribution is -0.136. The van der Waals surface area contributed by atoms with E-state index in [-0.39, 0.29) is 35.6 Å². The van der Waals surface area contributed by atoms with Crippen LogP contribution in [-0.4, -0.2) is 122 Å². The molecule has 6 aliphatic rings. The zero-order valence-electron chi connectivity index (χ0n) is 37.1. The number of anilines is 3. The van der Waals surface area contributed by atoms with Gasteiger partial charge in [-0.1, -0.05) is 0 Å². The lowest BCUT2D eigenvalue weighted by Gasteiger charge is -2.40. The van der Waals surface area contributed by atoms with Crippen LogP contribution in [-0.2, 0) is 23.2 Å². The van der Waals surface area contributed by atoms with Crippen molar-refractivity contribution in [3.8, 4) is 17.1 Å². The van der Waals surface area contributed by atoms with Crippen LogP contribution in [0.1, 0.15) is 81.7 Å². The fourth-order valence-electron chi connectivity index (χ4n) is 11.1. The molecule has 17 nitrogen and oxygen atoms in total. The molecule has 4 bridgehead atoms. The number of carbonyl (C=O) groups excluding carboxylic acids is 5. The maximum absolute atomic E-state index is 15.6. The Morgan fingerprint density at radius 1 is 0.803 bits per heavy atom. The molecule has 8 heterocycles. The predicted octanol–water partition coefficient (Wildman–Crippen LogP) is 4.78. The summed E-state index contributed by atoms with van der Waals surface area (Å²) in [7, 11) is 1.86. The standard InChI is InChI=1S/C48H52FN11O6/c1-27-17-31-19-38(51-27)35-23-50-55(2)47(35)66-26-30-4-3-29(18-30)25-59-41-20-32(5-6-37(41)52-48(59)54-43(31)62)57-11-9-28(10-12-57)24-56-13-15-58(16-14-56)40-22-34-33(21-36(40)49)45(64)60(46(34)65)39-7-8-42(61)53-44(39)63/h5-6,17,19-23,28-30,39H,3-4,7-16,18,24-26H2,1-2H3,(H,52,54,62)(H,53,61,63)/t29-,30+,39?/m1/s1. The quantitative estimate of drug-likeness (QED) is 0.231. The number of rotatable bonds is 5. The number of carbonyl (C=O) groups is 5. The monoisotopic (exact) mass is 897 g/mol. The minimum absolute atomic E-state index is 0.0168. The maximum atomic E-state index is 15.6. The van der Waals surface area contributed by atoms with Crippen molar-refractivity contribution in [3.05, 3.63) is 76.9 Å². The van der Waals surface area contributed by atoms with E-state index >= 15 is 4.39 Å². The molecule has 1 aliphatic carbocycles. The highest BCUT2D eigenvalue weighted by Gasteiger charge is 2.45. The highest BCUT2D eigenvalue weighted by Crippen LogP contribution is 2.38. The largest absolute Gasteiger partial charge is 0.477 e. The van der Waals surface area contributed by atoms with E-state index in [4.69, 9.17) is 14.7 Å². The van der Waals surface area contributed by atoms with Gasteiger partial charge in [-0.2, -0.15) is 5.10 Å². The molecule has 2 N–H and O–H groups in total. The number of hydrogen-bond donors (Lipinski definition) is 2. The van der Waals surface area contributed by atoms with E-state index in [1.807, 2.05) is 18.9 Å². The lowest BCUT2D eigenvalue weighted by Crippen LogP contribution is -2.54. The Bertz CT molecular complexity index is 2820. The second kappa shape index (κ2) is 16.6. The van der Waals surface area contributed by atoms with E-state index in [1.165, 1.54) is 6.07 Å². The molecule has 3 atom stereocenters. The topological polar surface area (TPSA) is 180 Å². The summed E-state index contributed by atoms with van der Waals surface area (Å²) in [5.41, 5.74) is 5.85. The average molecular weight is 898 g/mol. The van der Waals surface area contributed by atoms with Gasteiger partial charge in [0.05, 0.1) is 51.9 Å². The molecule has 2 aromatic carbocycles. The third-order valence-electron chi connectivity index (χ3n) is 14.6. The van der Waals surface area contributed by atoms with Crippen molar-refractivity contribution >= 4 is 57.9 Å². The number of aromatic nitrogens is 5. The van der Waals surface area contributed by atoms with E-state index in [0.717, 1.165) is 105 Å². The Balaban J connectivity index is 0.744. The molecular formula is C48H52FN11O6. The van der Waals surface area contributed by atoms with Crippen LogP contribution >= 0.6 is 0 Å². The zero-order valence-corrected chi connectivity index (χ0v) is 37.1. The number of hydrogen-bond acceptors (Lipinski definition) is 12. The highest BCUT2D eigenvalue weighted by molar-refractivity contribution is 6.23. The smallest absolute Gasteiger partial charge is 0.262 e. The minimum atomic E-state index is -1.10. The van der Waals surface area contributed by atoms with Crippen LogP contribution in [0.5, 0.6) is 5.88 Å². The van der Waals surface area contributed by atoms with Crippen molar-refractivity contribution in [2.45, 2.75) is 64.5 Å². The molecule has 1 unspecified atom stereocenters. The predicted molar refractivity (Wildman–Crippen MR) is 242 cm³/mol. The normalized spacial score (nSPS) is 23.0. The van der Waals surface area contributed by atoms with Crippen molar-refractivity contribution < 1.29 is 33.1 Å². The summed E-state index contributed by atoms with van der Waals surface area (Å²) in [5.74, 6) is -0.859. The molecule has 5 aromatic rings. The number of nitrogens with zero attached hydrogens (tertiary/aromatic N) is 9. The lowest BCUT2D eigenvalue weighted by atomic mass is 9.95. The molecule has 3 saturated heterocycles. The highest BCUT2D eigenvalue weighted by atomic mass is 19.1. The molecule has 0 spiro atoms. The summed E-state index contributed by atoms with van der Waals surface area (Å²) in [5, 5.41) is 9.83. The number of aryl methyl sites for hydroxylation is 2. The number of benzene rings is 2. The first kappa shape index (κ1) is 42.0. The van der Waals surface area contributed by atoms with Gasteiger partial charge in [-0.15, -0.1) is 0 Å². The van der Waals surface area contributed by atoms with Crippen molar-refractivity contribution in [3.63, 3.8) is 0 Å². The molecule has 3 aromatic heterocycles. The van der Waals surface area contributed by atoms with Gasteiger partial charge in [-0.25, -0.2) is 14.1 Å². The number of amides is 5. The fourth-order valence-corrected chi connectivity index (χ4v) is 11.1. The van der Waals surface area contributed by atoms with Crippen LogP contribution < -0.4 is 25.2 Å². The van der Waals surface area contributed by atoms with E-state index in [1.54, 1.807) is 23.0 Å². The van der Waals surface area contributed by atoms with Gasteiger partial charge in [0.25, 0.3) is 17.7 Å². The molecule has 66 heavy (non-hydrogen) atoms. The van der Waals surface area contributed by atoms with Crippen molar-refractivity contribution in [1.29, 1.82) is 0 Å². The Labute approximate surface area is 380 Å². The number of piperazine rings is 1. The number of imidazole rings is 1. The maximum Gasteiger partial charge on any atom is 0.262 e. The molecule has 5 aliphatic heterocycles. The summed E-state index contributed by atoms with van der Waals surface area (Å²) in [6.07, 6.45) is 6.98. The minimum Gasteiger partial charge on any atom is -0.477 e. The molecule has 1 saturated carbocycles. The van der Waals surface area contributed by atoms with Gasteiger partial charge in [0.2, 0.25) is 23.6 Å². The molecular weight excluding hydrogens is 846 g/mol. The molecule has 5 amide bonds.